The van der Waals surface area contributed by atoms with Gasteiger partial charge in [0.1, 0.15) is 17.4 Å². The van der Waals surface area contributed by atoms with Gasteiger partial charge in [0.15, 0.2) is 6.61 Å². The maximum Gasteiger partial charge on any atom is 0.257 e. The second-order valence-corrected chi connectivity index (χ2v) is 5.95. The van der Waals surface area contributed by atoms with Crippen LogP contribution in [0.15, 0.2) is 36.4 Å². The number of aryl methyl sites for hydroxylation is 2. The van der Waals surface area contributed by atoms with Crippen molar-refractivity contribution in [1.82, 2.24) is 15.3 Å². The summed E-state index contributed by atoms with van der Waals surface area (Å²) < 4.78 is 18.8. The predicted molar refractivity (Wildman–Crippen MR) is 94.2 cm³/mol. The van der Waals surface area contributed by atoms with Crippen LogP contribution < -0.4 is 10.1 Å². The largest absolute Gasteiger partial charge is 0.483 e. The summed E-state index contributed by atoms with van der Waals surface area (Å²) in [6, 6.07) is 10.3. The molecule has 0 aliphatic carbocycles. The van der Waals surface area contributed by atoms with E-state index in [0.29, 0.717) is 29.8 Å². The smallest absolute Gasteiger partial charge is 0.257 e. The molecule has 1 heterocycles. The van der Waals surface area contributed by atoms with E-state index < -0.39 is 0 Å². The number of benzene rings is 2. The number of aromatic amines is 1. The van der Waals surface area contributed by atoms with E-state index in [2.05, 4.69) is 15.3 Å². The molecule has 0 atom stereocenters. The monoisotopic (exact) mass is 341 g/mol. The van der Waals surface area contributed by atoms with Gasteiger partial charge in [0, 0.05) is 13.0 Å². The van der Waals surface area contributed by atoms with Crippen LogP contribution in [-0.2, 0) is 11.2 Å². The van der Waals surface area contributed by atoms with E-state index in [1.807, 2.05) is 32.0 Å². The van der Waals surface area contributed by atoms with Gasteiger partial charge in [-0.3, -0.25) is 4.79 Å². The van der Waals surface area contributed by atoms with E-state index in [-0.39, 0.29) is 18.3 Å². The SMILES string of the molecule is Cc1cccc(C)c1OCC(=O)NCCc1nc2ccc(F)cc2[nH]1. The van der Waals surface area contributed by atoms with Gasteiger partial charge < -0.3 is 15.0 Å². The van der Waals surface area contributed by atoms with Gasteiger partial charge in [-0.05, 0) is 43.2 Å². The first kappa shape index (κ1) is 17.0. The number of nitrogens with zero attached hydrogens (tertiary/aromatic N) is 1. The molecule has 0 aliphatic rings. The van der Waals surface area contributed by atoms with E-state index in [9.17, 15) is 9.18 Å². The Morgan fingerprint density at radius 3 is 2.76 bits per heavy atom. The minimum Gasteiger partial charge on any atom is -0.483 e. The maximum absolute atomic E-state index is 13.2. The molecule has 0 bridgehead atoms. The summed E-state index contributed by atoms with van der Waals surface area (Å²) in [5.74, 6) is 0.956. The van der Waals surface area contributed by atoms with E-state index >= 15 is 0 Å². The van der Waals surface area contributed by atoms with E-state index in [1.165, 1.54) is 12.1 Å². The fraction of sp³-hybridized carbons (Fsp3) is 0.263. The van der Waals surface area contributed by atoms with Crippen LogP contribution >= 0.6 is 0 Å². The lowest BCUT2D eigenvalue weighted by atomic mass is 10.1. The quantitative estimate of drug-likeness (QED) is 0.724. The highest BCUT2D eigenvalue weighted by atomic mass is 19.1. The zero-order chi connectivity index (χ0) is 17.8. The van der Waals surface area contributed by atoms with Crippen LogP contribution in [0.4, 0.5) is 4.39 Å². The average Bonchev–Trinajstić information content (AvgIpc) is 2.96. The minimum atomic E-state index is -0.306. The average molecular weight is 341 g/mol. The minimum absolute atomic E-state index is 0.0307. The fourth-order valence-corrected chi connectivity index (χ4v) is 2.69. The number of hydrogen-bond acceptors (Lipinski definition) is 3. The van der Waals surface area contributed by atoms with Gasteiger partial charge in [0.05, 0.1) is 11.0 Å². The standard InChI is InChI=1S/C19H20FN3O2/c1-12-4-3-5-13(2)19(12)25-11-18(24)21-9-8-17-22-15-7-6-14(20)10-16(15)23-17/h3-7,10H,8-9,11H2,1-2H3,(H,21,24)(H,22,23). The molecule has 5 nitrogen and oxygen atoms in total. The van der Waals surface area contributed by atoms with Gasteiger partial charge >= 0.3 is 0 Å². The third-order valence-electron chi connectivity index (χ3n) is 3.93. The Bertz CT molecular complexity index is 885. The van der Waals surface area contributed by atoms with Crippen molar-refractivity contribution in [3.8, 4) is 5.75 Å². The van der Waals surface area contributed by atoms with Crippen LogP contribution in [0, 0.1) is 19.7 Å². The highest BCUT2D eigenvalue weighted by Gasteiger charge is 2.08. The Morgan fingerprint density at radius 2 is 2.00 bits per heavy atom. The molecule has 0 saturated carbocycles. The third kappa shape index (κ3) is 4.15. The summed E-state index contributed by atoms with van der Waals surface area (Å²) >= 11 is 0. The third-order valence-corrected chi connectivity index (χ3v) is 3.93. The molecular formula is C19H20FN3O2. The zero-order valence-electron chi connectivity index (χ0n) is 14.2. The van der Waals surface area contributed by atoms with Gasteiger partial charge in [0.2, 0.25) is 0 Å². The van der Waals surface area contributed by atoms with Gasteiger partial charge in [0.25, 0.3) is 5.91 Å². The molecule has 1 aromatic heterocycles. The molecule has 0 unspecified atom stereocenters. The van der Waals surface area contributed by atoms with Crippen molar-refractivity contribution in [2.75, 3.05) is 13.2 Å². The van der Waals surface area contributed by atoms with Crippen molar-refractivity contribution < 1.29 is 13.9 Å². The van der Waals surface area contributed by atoms with Crippen molar-refractivity contribution in [3.05, 3.63) is 59.2 Å². The summed E-state index contributed by atoms with van der Waals surface area (Å²) in [5.41, 5.74) is 3.37. The van der Waals surface area contributed by atoms with Crippen LogP contribution in [0.5, 0.6) is 5.75 Å². The molecule has 2 N–H and O–H groups in total. The summed E-state index contributed by atoms with van der Waals surface area (Å²) in [7, 11) is 0. The highest BCUT2D eigenvalue weighted by molar-refractivity contribution is 5.77. The van der Waals surface area contributed by atoms with Gasteiger partial charge in [-0.2, -0.15) is 0 Å². The molecule has 3 aromatic rings. The number of rotatable bonds is 6. The van der Waals surface area contributed by atoms with Crippen molar-refractivity contribution >= 4 is 16.9 Å². The zero-order valence-corrected chi connectivity index (χ0v) is 14.2. The first-order valence-corrected chi connectivity index (χ1v) is 8.13. The van der Waals surface area contributed by atoms with Crippen molar-refractivity contribution in [3.63, 3.8) is 0 Å². The Labute approximate surface area is 145 Å². The first-order chi connectivity index (χ1) is 12.0. The number of hydrogen-bond donors (Lipinski definition) is 2. The second kappa shape index (κ2) is 7.34. The Morgan fingerprint density at radius 1 is 1.24 bits per heavy atom. The highest BCUT2D eigenvalue weighted by Crippen LogP contribution is 2.22. The summed E-state index contributed by atoms with van der Waals surface area (Å²) in [5, 5.41) is 2.80. The number of nitrogens with one attached hydrogen (secondary N) is 2. The lowest BCUT2D eigenvalue weighted by Crippen LogP contribution is -2.30. The molecule has 130 valence electrons. The van der Waals surface area contributed by atoms with Crippen LogP contribution in [-0.4, -0.2) is 29.0 Å². The number of imidazole rings is 1. The number of para-hydroxylation sites is 1. The molecule has 25 heavy (non-hydrogen) atoms. The number of carbonyl (C=O) groups excluding carboxylic acids is 1. The maximum atomic E-state index is 13.2. The van der Waals surface area contributed by atoms with Crippen LogP contribution in [0.3, 0.4) is 0 Å². The van der Waals surface area contributed by atoms with Gasteiger partial charge in [-0.15, -0.1) is 0 Å². The number of amides is 1. The molecule has 0 spiro atoms. The lowest BCUT2D eigenvalue weighted by Gasteiger charge is -2.11. The molecule has 0 fully saturated rings. The fourth-order valence-electron chi connectivity index (χ4n) is 2.69. The lowest BCUT2D eigenvalue weighted by molar-refractivity contribution is -0.123. The number of aromatic nitrogens is 2. The molecule has 1 amide bonds. The van der Waals surface area contributed by atoms with Crippen LogP contribution in [0.2, 0.25) is 0 Å². The van der Waals surface area contributed by atoms with Crippen LogP contribution in [0.1, 0.15) is 17.0 Å². The molecule has 0 radical (unpaired) electrons. The van der Waals surface area contributed by atoms with E-state index in [1.54, 1.807) is 6.07 Å². The molecule has 0 aliphatic heterocycles. The number of fused-ring (bicyclic) bond motifs is 1. The Hall–Kier alpha value is -2.89. The molecule has 0 saturated heterocycles. The molecule has 6 heteroatoms. The van der Waals surface area contributed by atoms with Crippen LogP contribution in [0.25, 0.3) is 11.0 Å². The summed E-state index contributed by atoms with van der Waals surface area (Å²) in [4.78, 5) is 19.3. The Balaban J connectivity index is 1.49. The first-order valence-electron chi connectivity index (χ1n) is 8.13. The number of ether oxygens (including phenoxy) is 1. The topological polar surface area (TPSA) is 67.0 Å². The van der Waals surface area contributed by atoms with Crippen molar-refractivity contribution in [1.29, 1.82) is 0 Å². The van der Waals surface area contributed by atoms with Crippen molar-refractivity contribution in [2.45, 2.75) is 20.3 Å². The molecule has 2 aromatic carbocycles. The van der Waals surface area contributed by atoms with E-state index in [0.717, 1.165) is 16.9 Å². The van der Waals surface area contributed by atoms with Gasteiger partial charge in [-0.25, -0.2) is 9.37 Å². The number of carbonyl (C=O) groups is 1. The number of halogens is 1. The number of H-pyrrole nitrogens is 1. The van der Waals surface area contributed by atoms with Crippen molar-refractivity contribution in [2.24, 2.45) is 0 Å². The second-order valence-electron chi connectivity index (χ2n) is 5.95. The van der Waals surface area contributed by atoms with E-state index in [4.69, 9.17) is 4.74 Å². The molecular weight excluding hydrogens is 321 g/mol. The predicted octanol–water partition coefficient (Wildman–Crippen LogP) is 3.06. The summed E-state index contributed by atoms with van der Waals surface area (Å²) in [6.07, 6.45) is 0.533. The Kier molecular flexibility index (Phi) is 4.97. The summed E-state index contributed by atoms with van der Waals surface area (Å²) in [6.45, 7) is 4.30. The molecule has 3 rings (SSSR count). The van der Waals surface area contributed by atoms with Gasteiger partial charge in [-0.1, -0.05) is 18.2 Å². The normalized spacial score (nSPS) is 10.8.